The van der Waals surface area contributed by atoms with E-state index in [1.54, 1.807) is 19.3 Å². The van der Waals surface area contributed by atoms with Gasteiger partial charge >= 0.3 is 0 Å². The number of aromatic amines is 1. The third-order valence-corrected chi connectivity index (χ3v) is 6.61. The van der Waals surface area contributed by atoms with Crippen molar-refractivity contribution in [2.45, 2.75) is 72.3 Å². The van der Waals surface area contributed by atoms with Crippen molar-refractivity contribution in [2.75, 3.05) is 5.32 Å². The molecule has 0 radical (unpaired) electrons. The Morgan fingerprint density at radius 3 is 2.69 bits per heavy atom. The molecule has 0 bridgehead atoms. The maximum Gasteiger partial charge on any atom is 0.268 e. The monoisotopic (exact) mass is 436 g/mol. The van der Waals surface area contributed by atoms with Gasteiger partial charge < -0.3 is 15.6 Å². The lowest BCUT2D eigenvalue weighted by Gasteiger charge is -2.28. The van der Waals surface area contributed by atoms with Crippen LogP contribution in [0.5, 0.6) is 0 Å². The number of hydrogen-bond acceptors (Lipinski definition) is 4. The molecule has 32 heavy (non-hydrogen) atoms. The molecule has 2 aromatic heterocycles. The first-order chi connectivity index (χ1) is 15.1. The van der Waals surface area contributed by atoms with Crippen LogP contribution < -0.4 is 10.6 Å². The first-order valence-corrected chi connectivity index (χ1v) is 11.4. The van der Waals surface area contributed by atoms with Gasteiger partial charge in [0.15, 0.2) is 5.78 Å². The molecule has 0 saturated heterocycles. The first kappa shape index (κ1) is 22.2. The van der Waals surface area contributed by atoms with Crippen molar-refractivity contribution in [3.8, 4) is 0 Å². The summed E-state index contributed by atoms with van der Waals surface area (Å²) in [4.78, 5) is 46.2. The minimum atomic E-state index is -0.658. The second-order valence-electron chi connectivity index (χ2n) is 10.1. The predicted molar refractivity (Wildman–Crippen MR) is 123 cm³/mol. The summed E-state index contributed by atoms with van der Waals surface area (Å²) in [5, 5.41) is 5.84. The summed E-state index contributed by atoms with van der Waals surface area (Å²) in [6.07, 6.45) is 8.32. The van der Waals surface area contributed by atoms with Crippen LogP contribution in [0.2, 0.25) is 0 Å². The van der Waals surface area contributed by atoms with Gasteiger partial charge in [-0.3, -0.25) is 19.4 Å². The van der Waals surface area contributed by atoms with Gasteiger partial charge in [0.25, 0.3) is 5.91 Å². The van der Waals surface area contributed by atoms with Gasteiger partial charge in [-0.05, 0) is 61.6 Å². The maximum atomic E-state index is 13.2. The molecule has 3 N–H and O–H groups in total. The summed E-state index contributed by atoms with van der Waals surface area (Å²) in [5.74, 6) is 0.114. The van der Waals surface area contributed by atoms with Crippen molar-refractivity contribution in [1.29, 1.82) is 0 Å². The fraction of sp³-hybridized carbons (Fsp3) is 0.520. The predicted octanol–water partition coefficient (Wildman–Crippen LogP) is 4.11. The highest BCUT2D eigenvalue weighted by Gasteiger charge is 2.36. The summed E-state index contributed by atoms with van der Waals surface area (Å²) in [7, 11) is 0. The van der Waals surface area contributed by atoms with E-state index in [2.05, 4.69) is 34.4 Å². The minimum Gasteiger partial charge on any atom is -0.354 e. The zero-order valence-corrected chi connectivity index (χ0v) is 19.3. The van der Waals surface area contributed by atoms with Crippen LogP contribution in [-0.4, -0.2) is 33.6 Å². The molecule has 2 aromatic rings. The number of anilines is 1. The Balaban J connectivity index is 1.53. The van der Waals surface area contributed by atoms with Gasteiger partial charge in [0.2, 0.25) is 5.91 Å². The Morgan fingerprint density at radius 2 is 2.00 bits per heavy atom. The highest BCUT2D eigenvalue weighted by molar-refractivity contribution is 6.06. The van der Waals surface area contributed by atoms with E-state index in [4.69, 9.17) is 0 Å². The standard InChI is InChI=1S/C25H32N4O3/c1-14-9-10-26-13-19(14)29-23(31)17(8-7-16-5-6-16)28-24(32)22-15(2)21-18(27-22)11-25(3,4)12-20(21)30/h9-10,13,16-17,27H,5-8,11-12H2,1-4H3,(H,28,32)(H,29,31). The van der Waals surface area contributed by atoms with E-state index in [1.165, 1.54) is 12.8 Å². The minimum absolute atomic E-state index is 0.0686. The second kappa shape index (κ2) is 8.52. The number of rotatable bonds is 7. The van der Waals surface area contributed by atoms with Crippen LogP contribution in [0.15, 0.2) is 18.5 Å². The number of aromatic nitrogens is 2. The lowest BCUT2D eigenvalue weighted by Crippen LogP contribution is -2.44. The highest BCUT2D eigenvalue weighted by Crippen LogP contribution is 2.37. The van der Waals surface area contributed by atoms with Crippen LogP contribution in [-0.2, 0) is 11.2 Å². The molecule has 170 valence electrons. The Labute approximate surface area is 188 Å². The summed E-state index contributed by atoms with van der Waals surface area (Å²) in [6.45, 7) is 7.82. The second-order valence-corrected chi connectivity index (χ2v) is 10.1. The molecule has 4 rings (SSSR count). The van der Waals surface area contributed by atoms with Crippen molar-refractivity contribution in [3.05, 3.63) is 46.5 Å². The van der Waals surface area contributed by atoms with E-state index < -0.39 is 6.04 Å². The van der Waals surface area contributed by atoms with Gasteiger partial charge in [-0.1, -0.05) is 26.7 Å². The molecule has 2 amide bonds. The van der Waals surface area contributed by atoms with Crippen LogP contribution in [0.25, 0.3) is 0 Å². The van der Waals surface area contributed by atoms with Crippen LogP contribution >= 0.6 is 0 Å². The Kier molecular flexibility index (Phi) is 5.93. The number of pyridine rings is 1. The summed E-state index contributed by atoms with van der Waals surface area (Å²) >= 11 is 0. The Bertz CT molecular complexity index is 1070. The lowest BCUT2D eigenvalue weighted by atomic mass is 9.75. The zero-order valence-electron chi connectivity index (χ0n) is 19.3. The quantitative estimate of drug-likeness (QED) is 0.608. The van der Waals surface area contributed by atoms with E-state index in [-0.39, 0.29) is 23.0 Å². The number of nitrogens with one attached hydrogen (secondary N) is 3. The van der Waals surface area contributed by atoms with Crippen molar-refractivity contribution in [1.82, 2.24) is 15.3 Å². The van der Waals surface area contributed by atoms with Crippen molar-refractivity contribution in [3.63, 3.8) is 0 Å². The number of hydrogen-bond donors (Lipinski definition) is 3. The molecule has 0 spiro atoms. The molecule has 2 heterocycles. The van der Waals surface area contributed by atoms with Gasteiger partial charge in [0.05, 0.1) is 11.9 Å². The van der Waals surface area contributed by atoms with Gasteiger partial charge in [0, 0.05) is 23.9 Å². The fourth-order valence-corrected chi connectivity index (χ4v) is 4.58. The van der Waals surface area contributed by atoms with Crippen LogP contribution in [0.3, 0.4) is 0 Å². The maximum absolute atomic E-state index is 13.2. The number of nitrogens with zero attached hydrogens (tertiary/aromatic N) is 1. The average molecular weight is 437 g/mol. The van der Waals surface area contributed by atoms with Crippen molar-refractivity contribution in [2.24, 2.45) is 11.3 Å². The smallest absolute Gasteiger partial charge is 0.268 e. The molecule has 0 aliphatic heterocycles. The van der Waals surface area contributed by atoms with E-state index >= 15 is 0 Å². The van der Waals surface area contributed by atoms with E-state index in [9.17, 15) is 14.4 Å². The van der Waals surface area contributed by atoms with Gasteiger partial charge in [0.1, 0.15) is 11.7 Å². The average Bonchev–Trinajstić information content (AvgIpc) is 3.48. The third-order valence-electron chi connectivity index (χ3n) is 6.61. The van der Waals surface area contributed by atoms with Gasteiger partial charge in [-0.15, -0.1) is 0 Å². The molecule has 2 aliphatic rings. The summed E-state index contributed by atoms with van der Waals surface area (Å²) < 4.78 is 0. The van der Waals surface area contributed by atoms with Crippen LogP contribution in [0.1, 0.15) is 83.6 Å². The summed E-state index contributed by atoms with van der Waals surface area (Å²) in [6, 6.07) is 1.17. The molecule has 7 nitrogen and oxygen atoms in total. The largest absolute Gasteiger partial charge is 0.354 e. The van der Waals surface area contributed by atoms with Crippen LogP contribution in [0, 0.1) is 25.2 Å². The van der Waals surface area contributed by atoms with E-state index in [0.29, 0.717) is 47.7 Å². The third kappa shape index (κ3) is 4.76. The topological polar surface area (TPSA) is 104 Å². The number of aryl methyl sites for hydroxylation is 1. The van der Waals surface area contributed by atoms with Crippen molar-refractivity contribution >= 4 is 23.3 Å². The molecular formula is C25H32N4O3. The summed E-state index contributed by atoms with van der Waals surface area (Å²) in [5.41, 5.74) is 3.92. The van der Waals surface area contributed by atoms with Gasteiger partial charge in [-0.25, -0.2) is 0 Å². The molecule has 0 aromatic carbocycles. The number of carbonyl (C=O) groups is 3. The Morgan fingerprint density at radius 1 is 1.25 bits per heavy atom. The van der Waals surface area contributed by atoms with Gasteiger partial charge in [-0.2, -0.15) is 0 Å². The zero-order chi connectivity index (χ0) is 23.0. The lowest BCUT2D eigenvalue weighted by molar-refractivity contribution is -0.118. The number of amides is 2. The molecular weight excluding hydrogens is 404 g/mol. The SMILES string of the molecule is Cc1ccncc1NC(=O)C(CCC1CC1)NC(=O)c1[nH]c2c(c1C)C(=O)CC(C)(C)C2. The number of ketones is 1. The van der Waals surface area contributed by atoms with Crippen LogP contribution in [0.4, 0.5) is 5.69 Å². The normalized spacial score (nSPS) is 18.1. The molecule has 1 atom stereocenters. The number of carbonyl (C=O) groups excluding carboxylic acids is 3. The van der Waals surface area contributed by atoms with Crippen molar-refractivity contribution < 1.29 is 14.4 Å². The molecule has 1 saturated carbocycles. The fourth-order valence-electron chi connectivity index (χ4n) is 4.58. The highest BCUT2D eigenvalue weighted by atomic mass is 16.2. The molecule has 1 fully saturated rings. The van der Waals surface area contributed by atoms with E-state index in [1.807, 2.05) is 13.0 Å². The molecule has 7 heteroatoms. The number of fused-ring (bicyclic) bond motifs is 1. The first-order valence-electron chi connectivity index (χ1n) is 11.4. The Hall–Kier alpha value is -2.96. The number of H-pyrrole nitrogens is 1. The molecule has 1 unspecified atom stereocenters. The van der Waals surface area contributed by atoms with E-state index in [0.717, 1.165) is 17.7 Å². The molecule has 2 aliphatic carbocycles. The number of Topliss-reactive ketones (excluding diaryl/α,β-unsaturated/α-hetero) is 1.